The van der Waals surface area contributed by atoms with E-state index in [2.05, 4.69) is 0 Å². The van der Waals surface area contributed by atoms with E-state index in [4.69, 9.17) is 10.5 Å². The Hall–Kier alpha value is -2.17. The molecule has 0 fully saturated rings. The number of hydrogen-bond acceptors (Lipinski definition) is 2. The lowest BCUT2D eigenvalue weighted by Crippen LogP contribution is -2.09. The standard InChI is InChI=1S/C18H20F3NO/c1-3-9-23-14-6-8-16(17(11-14)18(19,20)21)15-7-5-13(22)10-12(15)4-2/h5-8,10-11H,3-4,9,22H2,1-2H3. The Morgan fingerprint density at radius 1 is 1.00 bits per heavy atom. The SMILES string of the molecule is CCCOc1ccc(-c2ccc(N)cc2CC)c(C(F)(F)F)c1. The highest BCUT2D eigenvalue weighted by Crippen LogP contribution is 2.40. The van der Waals surface area contributed by atoms with Crippen LogP contribution in [0.5, 0.6) is 5.75 Å². The van der Waals surface area contributed by atoms with Gasteiger partial charge in [0, 0.05) is 5.69 Å². The second kappa shape index (κ2) is 6.94. The first kappa shape index (κ1) is 17.2. The van der Waals surface area contributed by atoms with Gasteiger partial charge in [-0.05, 0) is 53.8 Å². The zero-order chi connectivity index (χ0) is 17.0. The first-order chi connectivity index (χ1) is 10.9. The fraction of sp³-hybridized carbons (Fsp3) is 0.333. The van der Waals surface area contributed by atoms with E-state index >= 15 is 0 Å². The van der Waals surface area contributed by atoms with Gasteiger partial charge in [0.1, 0.15) is 5.75 Å². The third kappa shape index (κ3) is 3.97. The van der Waals surface area contributed by atoms with E-state index in [-0.39, 0.29) is 11.3 Å². The summed E-state index contributed by atoms with van der Waals surface area (Å²) in [5.74, 6) is 0.233. The van der Waals surface area contributed by atoms with Crippen molar-refractivity contribution in [2.75, 3.05) is 12.3 Å². The Labute approximate surface area is 134 Å². The van der Waals surface area contributed by atoms with Crippen LogP contribution in [0.15, 0.2) is 36.4 Å². The first-order valence-corrected chi connectivity index (χ1v) is 7.59. The smallest absolute Gasteiger partial charge is 0.417 e. The summed E-state index contributed by atoms with van der Waals surface area (Å²) >= 11 is 0. The molecule has 0 radical (unpaired) electrons. The molecule has 5 heteroatoms. The summed E-state index contributed by atoms with van der Waals surface area (Å²) in [5, 5.41) is 0. The molecule has 2 aromatic rings. The second-order valence-corrected chi connectivity index (χ2v) is 5.32. The van der Waals surface area contributed by atoms with Gasteiger partial charge in [0.15, 0.2) is 0 Å². The lowest BCUT2D eigenvalue weighted by Gasteiger charge is -2.17. The molecule has 0 unspecified atom stereocenters. The minimum Gasteiger partial charge on any atom is -0.494 e. The average molecular weight is 323 g/mol. The topological polar surface area (TPSA) is 35.2 Å². The molecular weight excluding hydrogens is 303 g/mol. The molecule has 124 valence electrons. The molecular formula is C18H20F3NO. The number of halogens is 3. The van der Waals surface area contributed by atoms with Crippen molar-refractivity contribution in [2.24, 2.45) is 0 Å². The zero-order valence-electron chi connectivity index (χ0n) is 13.2. The molecule has 0 heterocycles. The van der Waals surface area contributed by atoms with Crippen LogP contribution in [0.2, 0.25) is 0 Å². The van der Waals surface area contributed by atoms with Crippen molar-refractivity contribution in [1.82, 2.24) is 0 Å². The highest BCUT2D eigenvalue weighted by molar-refractivity contribution is 5.74. The van der Waals surface area contributed by atoms with Gasteiger partial charge in [0.05, 0.1) is 12.2 Å². The van der Waals surface area contributed by atoms with Crippen LogP contribution in [0.1, 0.15) is 31.4 Å². The summed E-state index contributed by atoms with van der Waals surface area (Å²) in [7, 11) is 0. The van der Waals surface area contributed by atoms with Crippen LogP contribution in [-0.2, 0) is 12.6 Å². The van der Waals surface area contributed by atoms with Crippen LogP contribution in [0.3, 0.4) is 0 Å². The van der Waals surface area contributed by atoms with Gasteiger partial charge in [-0.15, -0.1) is 0 Å². The molecule has 0 saturated heterocycles. The molecule has 0 amide bonds. The molecule has 0 aliphatic carbocycles. The maximum atomic E-state index is 13.5. The number of hydrogen-bond donors (Lipinski definition) is 1. The number of rotatable bonds is 5. The molecule has 0 atom stereocenters. The van der Waals surface area contributed by atoms with Gasteiger partial charge in [-0.3, -0.25) is 0 Å². The molecule has 0 aliphatic rings. The maximum Gasteiger partial charge on any atom is 0.417 e. The van der Waals surface area contributed by atoms with Crippen molar-refractivity contribution in [3.8, 4) is 16.9 Å². The maximum absolute atomic E-state index is 13.5. The van der Waals surface area contributed by atoms with Crippen LogP contribution >= 0.6 is 0 Å². The van der Waals surface area contributed by atoms with E-state index in [0.717, 1.165) is 18.1 Å². The molecule has 23 heavy (non-hydrogen) atoms. The molecule has 2 nitrogen and oxygen atoms in total. The summed E-state index contributed by atoms with van der Waals surface area (Å²) in [6.45, 7) is 4.18. The van der Waals surface area contributed by atoms with Crippen molar-refractivity contribution < 1.29 is 17.9 Å². The number of nitrogen functional groups attached to an aromatic ring is 1. The van der Waals surface area contributed by atoms with Crippen molar-refractivity contribution in [2.45, 2.75) is 32.9 Å². The number of anilines is 1. The van der Waals surface area contributed by atoms with Gasteiger partial charge in [0.25, 0.3) is 0 Å². The second-order valence-electron chi connectivity index (χ2n) is 5.32. The fourth-order valence-corrected chi connectivity index (χ4v) is 2.47. The number of aryl methyl sites for hydroxylation is 1. The van der Waals surface area contributed by atoms with E-state index in [1.807, 2.05) is 13.8 Å². The fourth-order valence-electron chi connectivity index (χ4n) is 2.47. The third-order valence-electron chi connectivity index (χ3n) is 3.57. The number of benzene rings is 2. The predicted octanol–water partition coefficient (Wildman–Crippen LogP) is 5.31. The van der Waals surface area contributed by atoms with Gasteiger partial charge in [-0.25, -0.2) is 0 Å². The van der Waals surface area contributed by atoms with Crippen molar-refractivity contribution in [3.63, 3.8) is 0 Å². The lowest BCUT2D eigenvalue weighted by molar-refractivity contribution is -0.137. The van der Waals surface area contributed by atoms with E-state index in [1.165, 1.54) is 6.07 Å². The number of ether oxygens (including phenoxy) is 1. The van der Waals surface area contributed by atoms with Crippen molar-refractivity contribution in [3.05, 3.63) is 47.5 Å². The summed E-state index contributed by atoms with van der Waals surface area (Å²) in [4.78, 5) is 0. The molecule has 0 spiro atoms. The largest absolute Gasteiger partial charge is 0.494 e. The Morgan fingerprint density at radius 2 is 1.70 bits per heavy atom. The summed E-state index contributed by atoms with van der Waals surface area (Å²) < 4.78 is 45.8. The predicted molar refractivity (Wildman–Crippen MR) is 86.5 cm³/mol. The van der Waals surface area contributed by atoms with Gasteiger partial charge < -0.3 is 10.5 Å². The monoisotopic (exact) mass is 323 g/mol. The average Bonchev–Trinajstić information content (AvgIpc) is 2.52. The van der Waals surface area contributed by atoms with Crippen LogP contribution in [-0.4, -0.2) is 6.61 Å². The lowest BCUT2D eigenvalue weighted by atomic mass is 9.93. The quantitative estimate of drug-likeness (QED) is 0.757. The summed E-state index contributed by atoms with van der Waals surface area (Å²) in [5.41, 5.74) is 7.09. The van der Waals surface area contributed by atoms with Crippen LogP contribution in [0, 0.1) is 0 Å². The summed E-state index contributed by atoms with van der Waals surface area (Å²) in [6, 6.07) is 9.10. The normalized spacial score (nSPS) is 11.5. The van der Waals surface area contributed by atoms with E-state index in [9.17, 15) is 13.2 Å². The Kier molecular flexibility index (Phi) is 5.19. The Morgan fingerprint density at radius 3 is 2.30 bits per heavy atom. The highest BCUT2D eigenvalue weighted by Gasteiger charge is 2.34. The third-order valence-corrected chi connectivity index (χ3v) is 3.57. The minimum absolute atomic E-state index is 0.151. The van der Waals surface area contributed by atoms with Crippen LogP contribution < -0.4 is 10.5 Å². The first-order valence-electron chi connectivity index (χ1n) is 7.59. The van der Waals surface area contributed by atoms with Crippen molar-refractivity contribution >= 4 is 5.69 Å². The molecule has 2 aromatic carbocycles. The molecule has 0 saturated carbocycles. The molecule has 2 N–H and O–H groups in total. The van der Waals surface area contributed by atoms with Gasteiger partial charge in [-0.1, -0.05) is 26.0 Å². The summed E-state index contributed by atoms with van der Waals surface area (Å²) in [6.07, 6.45) is -3.11. The van der Waals surface area contributed by atoms with Gasteiger partial charge in [0.2, 0.25) is 0 Å². The molecule has 0 aliphatic heterocycles. The van der Waals surface area contributed by atoms with Crippen LogP contribution in [0.4, 0.5) is 18.9 Å². The van der Waals surface area contributed by atoms with Crippen LogP contribution in [0.25, 0.3) is 11.1 Å². The van der Waals surface area contributed by atoms with E-state index in [1.54, 1.807) is 24.3 Å². The highest BCUT2D eigenvalue weighted by atomic mass is 19.4. The Bertz CT molecular complexity index is 680. The zero-order valence-corrected chi connectivity index (χ0v) is 13.2. The molecule has 0 bridgehead atoms. The Balaban J connectivity index is 2.58. The minimum atomic E-state index is -4.45. The van der Waals surface area contributed by atoms with Gasteiger partial charge in [-0.2, -0.15) is 13.2 Å². The molecule has 0 aromatic heterocycles. The van der Waals surface area contributed by atoms with E-state index < -0.39 is 11.7 Å². The number of alkyl halides is 3. The van der Waals surface area contributed by atoms with Gasteiger partial charge >= 0.3 is 6.18 Å². The molecule has 2 rings (SSSR count). The van der Waals surface area contributed by atoms with E-state index in [0.29, 0.717) is 24.3 Å². The number of nitrogens with two attached hydrogens (primary N) is 1. The van der Waals surface area contributed by atoms with Crippen molar-refractivity contribution in [1.29, 1.82) is 0 Å².